The molecular weight excluding hydrogens is 249 g/mol. The van der Waals surface area contributed by atoms with Crippen LogP contribution in [0.25, 0.3) is 20.8 Å². The third-order valence-corrected chi connectivity index (χ3v) is 3.79. The molecule has 2 aromatic carbocycles. The highest BCUT2D eigenvalue weighted by atomic mass is 32.1. The zero-order chi connectivity index (χ0) is 12.5. The Morgan fingerprint density at radius 3 is 2.78 bits per heavy atom. The van der Waals surface area contributed by atoms with E-state index in [1.165, 1.54) is 17.4 Å². The van der Waals surface area contributed by atoms with Gasteiger partial charge in [-0.2, -0.15) is 0 Å². The van der Waals surface area contributed by atoms with E-state index in [9.17, 15) is 4.39 Å². The molecule has 0 spiro atoms. The molecule has 2 nitrogen and oxygen atoms in total. The monoisotopic (exact) mass is 259 g/mol. The summed E-state index contributed by atoms with van der Waals surface area (Å²) < 4.78 is 14.6. The molecule has 0 aliphatic heterocycles. The second-order valence-corrected chi connectivity index (χ2v) is 4.99. The average Bonchev–Trinajstić information content (AvgIpc) is 2.81. The molecule has 0 saturated carbocycles. The van der Waals surface area contributed by atoms with Crippen molar-refractivity contribution < 1.29 is 9.50 Å². The number of aliphatic hydroxyl groups is 1. The summed E-state index contributed by atoms with van der Waals surface area (Å²) in [5, 5.41) is 9.75. The molecule has 0 radical (unpaired) electrons. The Balaban J connectivity index is 2.17. The zero-order valence-electron chi connectivity index (χ0n) is 9.43. The summed E-state index contributed by atoms with van der Waals surface area (Å²) in [5.41, 5.74) is 2.19. The van der Waals surface area contributed by atoms with Crippen LogP contribution in [0.3, 0.4) is 0 Å². The molecule has 18 heavy (non-hydrogen) atoms. The predicted molar refractivity (Wildman–Crippen MR) is 70.9 cm³/mol. The highest BCUT2D eigenvalue weighted by molar-refractivity contribution is 7.21. The number of hydrogen-bond donors (Lipinski definition) is 1. The Kier molecular flexibility index (Phi) is 2.81. The van der Waals surface area contributed by atoms with E-state index in [0.29, 0.717) is 10.6 Å². The van der Waals surface area contributed by atoms with Crippen molar-refractivity contribution in [3.8, 4) is 10.6 Å². The van der Waals surface area contributed by atoms with Crippen LogP contribution in [-0.2, 0) is 6.61 Å². The lowest BCUT2D eigenvalue weighted by molar-refractivity contribution is 0.282. The number of rotatable bonds is 2. The topological polar surface area (TPSA) is 33.1 Å². The molecule has 3 rings (SSSR count). The van der Waals surface area contributed by atoms with E-state index in [4.69, 9.17) is 5.11 Å². The van der Waals surface area contributed by atoms with Gasteiger partial charge in [0.05, 0.1) is 16.8 Å². The number of hydrogen-bond acceptors (Lipinski definition) is 3. The van der Waals surface area contributed by atoms with Gasteiger partial charge in [-0.25, -0.2) is 9.37 Å². The summed E-state index contributed by atoms with van der Waals surface area (Å²) in [4.78, 5) is 4.42. The first kappa shape index (κ1) is 11.3. The maximum atomic E-state index is 13.7. The van der Waals surface area contributed by atoms with E-state index in [1.54, 1.807) is 18.2 Å². The number of aliphatic hydroxyl groups excluding tert-OH is 1. The number of benzene rings is 2. The number of thiazole rings is 1. The summed E-state index contributed by atoms with van der Waals surface area (Å²) >= 11 is 1.43. The molecule has 1 heterocycles. The van der Waals surface area contributed by atoms with Gasteiger partial charge < -0.3 is 5.11 Å². The molecular formula is C14H10FNOS. The molecule has 0 unspecified atom stereocenters. The smallest absolute Gasteiger partial charge is 0.133 e. The van der Waals surface area contributed by atoms with Crippen LogP contribution in [0.2, 0.25) is 0 Å². The van der Waals surface area contributed by atoms with Crippen LogP contribution in [0.5, 0.6) is 0 Å². The van der Waals surface area contributed by atoms with Crippen LogP contribution in [0.4, 0.5) is 4.39 Å². The molecule has 1 N–H and O–H groups in total. The van der Waals surface area contributed by atoms with Crippen LogP contribution >= 0.6 is 11.3 Å². The summed E-state index contributed by atoms with van der Waals surface area (Å²) in [6.45, 7) is 0.00285. The highest BCUT2D eigenvalue weighted by Gasteiger charge is 2.10. The van der Waals surface area contributed by atoms with Gasteiger partial charge in [0, 0.05) is 5.56 Å². The fraction of sp³-hybridized carbons (Fsp3) is 0.0714. The summed E-state index contributed by atoms with van der Waals surface area (Å²) in [6.07, 6.45) is 0. The van der Waals surface area contributed by atoms with Crippen LogP contribution < -0.4 is 0 Å². The summed E-state index contributed by atoms with van der Waals surface area (Å²) in [7, 11) is 0. The Hall–Kier alpha value is -1.78. The molecule has 3 aromatic rings. The largest absolute Gasteiger partial charge is 0.392 e. The Bertz CT molecular complexity index is 708. The lowest BCUT2D eigenvalue weighted by Gasteiger charge is -1.96. The second-order valence-electron chi connectivity index (χ2n) is 3.96. The normalized spacial score (nSPS) is 11.0. The third kappa shape index (κ3) is 1.89. The van der Waals surface area contributed by atoms with Gasteiger partial charge in [0.25, 0.3) is 0 Å². The van der Waals surface area contributed by atoms with Crippen molar-refractivity contribution in [2.24, 2.45) is 0 Å². The zero-order valence-corrected chi connectivity index (χ0v) is 10.2. The fourth-order valence-electron chi connectivity index (χ4n) is 1.82. The maximum absolute atomic E-state index is 13.7. The fourth-order valence-corrected chi connectivity index (χ4v) is 2.87. The van der Waals surface area contributed by atoms with Crippen molar-refractivity contribution in [1.29, 1.82) is 0 Å². The van der Waals surface area contributed by atoms with E-state index in [-0.39, 0.29) is 12.4 Å². The highest BCUT2D eigenvalue weighted by Crippen LogP contribution is 2.31. The van der Waals surface area contributed by atoms with Crippen LogP contribution in [0, 0.1) is 5.82 Å². The minimum atomic E-state index is -0.265. The molecule has 0 amide bonds. The second kappa shape index (κ2) is 4.48. The van der Waals surface area contributed by atoms with Gasteiger partial charge in [0.1, 0.15) is 10.8 Å². The van der Waals surface area contributed by atoms with Gasteiger partial charge in [0.2, 0.25) is 0 Å². The first-order valence-corrected chi connectivity index (χ1v) is 6.35. The molecule has 0 saturated heterocycles. The molecule has 1 aromatic heterocycles. The van der Waals surface area contributed by atoms with Crippen molar-refractivity contribution in [3.63, 3.8) is 0 Å². The van der Waals surface area contributed by atoms with E-state index in [0.717, 1.165) is 15.8 Å². The molecule has 0 bridgehead atoms. The van der Waals surface area contributed by atoms with E-state index in [2.05, 4.69) is 4.98 Å². The average molecular weight is 259 g/mol. The van der Waals surface area contributed by atoms with Gasteiger partial charge in [0.15, 0.2) is 0 Å². The standard InChI is InChI=1S/C14H10FNOS/c15-11-4-2-1-3-10(11)14-16-12-6-5-9(8-17)7-13(12)18-14/h1-7,17H,8H2. The minimum Gasteiger partial charge on any atom is -0.392 e. The summed E-state index contributed by atoms with van der Waals surface area (Å²) in [5.74, 6) is -0.265. The molecule has 0 aliphatic carbocycles. The SMILES string of the molecule is OCc1ccc2nc(-c3ccccc3F)sc2c1. The van der Waals surface area contributed by atoms with E-state index < -0.39 is 0 Å². The quantitative estimate of drug-likeness (QED) is 0.763. The van der Waals surface area contributed by atoms with Gasteiger partial charge in [-0.1, -0.05) is 18.2 Å². The molecule has 0 aliphatic rings. The third-order valence-electron chi connectivity index (χ3n) is 2.74. The van der Waals surface area contributed by atoms with Gasteiger partial charge in [-0.05, 0) is 29.8 Å². The van der Waals surface area contributed by atoms with Crippen LogP contribution in [0.15, 0.2) is 42.5 Å². The predicted octanol–water partition coefficient (Wildman–Crippen LogP) is 3.59. The van der Waals surface area contributed by atoms with E-state index in [1.807, 2.05) is 18.2 Å². The van der Waals surface area contributed by atoms with Crippen LogP contribution in [0.1, 0.15) is 5.56 Å². The van der Waals surface area contributed by atoms with Crippen LogP contribution in [-0.4, -0.2) is 10.1 Å². The van der Waals surface area contributed by atoms with Gasteiger partial charge >= 0.3 is 0 Å². The number of nitrogens with zero attached hydrogens (tertiary/aromatic N) is 1. The van der Waals surface area contributed by atoms with E-state index >= 15 is 0 Å². The first-order valence-electron chi connectivity index (χ1n) is 5.53. The first-order chi connectivity index (χ1) is 8.78. The maximum Gasteiger partial charge on any atom is 0.133 e. The summed E-state index contributed by atoms with van der Waals surface area (Å²) in [6, 6.07) is 12.2. The molecule has 0 atom stereocenters. The van der Waals surface area contributed by atoms with Crippen molar-refractivity contribution >= 4 is 21.6 Å². The van der Waals surface area contributed by atoms with Crippen molar-refractivity contribution in [2.75, 3.05) is 0 Å². The van der Waals surface area contributed by atoms with Gasteiger partial charge in [-0.3, -0.25) is 0 Å². The van der Waals surface area contributed by atoms with Crippen molar-refractivity contribution in [1.82, 2.24) is 4.98 Å². The lowest BCUT2D eigenvalue weighted by Crippen LogP contribution is -1.82. The molecule has 0 fully saturated rings. The number of aromatic nitrogens is 1. The van der Waals surface area contributed by atoms with Crippen molar-refractivity contribution in [2.45, 2.75) is 6.61 Å². The van der Waals surface area contributed by atoms with Gasteiger partial charge in [-0.15, -0.1) is 11.3 Å². The molecule has 90 valence electrons. The Morgan fingerprint density at radius 1 is 1.17 bits per heavy atom. The minimum absolute atomic E-state index is 0.00285. The molecule has 4 heteroatoms. The Labute approximate surface area is 107 Å². The van der Waals surface area contributed by atoms with Crippen molar-refractivity contribution in [3.05, 3.63) is 53.8 Å². The number of halogens is 1. The Morgan fingerprint density at radius 2 is 2.00 bits per heavy atom. The lowest BCUT2D eigenvalue weighted by atomic mass is 10.2. The number of fused-ring (bicyclic) bond motifs is 1.